The first kappa shape index (κ1) is 13.0. The third kappa shape index (κ3) is 4.91. The highest BCUT2D eigenvalue weighted by Crippen LogP contribution is 2.12. The van der Waals surface area contributed by atoms with Crippen molar-refractivity contribution in [2.75, 3.05) is 7.11 Å². The SMILES string of the molecule is CON=O.Cc1ccc(F)c(CBr)c1. The van der Waals surface area contributed by atoms with Crippen molar-refractivity contribution in [3.8, 4) is 0 Å². The van der Waals surface area contributed by atoms with Gasteiger partial charge in [0, 0.05) is 5.33 Å². The molecule has 0 aliphatic rings. The van der Waals surface area contributed by atoms with Gasteiger partial charge in [-0.15, -0.1) is 4.91 Å². The summed E-state index contributed by atoms with van der Waals surface area (Å²) in [4.78, 5) is 12.3. The third-order valence-electron chi connectivity index (χ3n) is 1.42. The molecule has 0 saturated heterocycles. The Morgan fingerprint density at radius 3 is 2.50 bits per heavy atom. The van der Waals surface area contributed by atoms with Gasteiger partial charge in [0.2, 0.25) is 0 Å². The van der Waals surface area contributed by atoms with Crippen LogP contribution in [-0.4, -0.2) is 7.11 Å². The lowest BCUT2D eigenvalue weighted by Crippen LogP contribution is -1.85. The third-order valence-corrected chi connectivity index (χ3v) is 2.02. The minimum atomic E-state index is -0.137. The lowest BCUT2D eigenvalue weighted by Gasteiger charge is -1.98. The van der Waals surface area contributed by atoms with Gasteiger partial charge < -0.3 is 4.84 Å². The first-order valence-electron chi connectivity index (χ1n) is 3.82. The molecule has 0 unspecified atom stereocenters. The van der Waals surface area contributed by atoms with Crippen molar-refractivity contribution in [2.45, 2.75) is 12.3 Å². The van der Waals surface area contributed by atoms with Crippen molar-refractivity contribution in [1.82, 2.24) is 0 Å². The number of rotatable bonds is 2. The molecule has 1 aromatic carbocycles. The fraction of sp³-hybridized carbons (Fsp3) is 0.333. The molecule has 0 aliphatic carbocycles. The zero-order valence-corrected chi connectivity index (χ0v) is 9.54. The highest BCUT2D eigenvalue weighted by Gasteiger charge is 1.98. The van der Waals surface area contributed by atoms with E-state index in [1.165, 1.54) is 13.2 Å². The monoisotopic (exact) mass is 263 g/mol. The van der Waals surface area contributed by atoms with Gasteiger partial charge in [0.15, 0.2) is 5.34 Å². The van der Waals surface area contributed by atoms with E-state index in [-0.39, 0.29) is 5.82 Å². The van der Waals surface area contributed by atoms with E-state index in [9.17, 15) is 4.39 Å². The molecule has 0 saturated carbocycles. The molecule has 3 nitrogen and oxygen atoms in total. The first-order valence-corrected chi connectivity index (χ1v) is 4.94. The van der Waals surface area contributed by atoms with Crippen LogP contribution < -0.4 is 0 Å². The first-order chi connectivity index (χ1) is 6.65. The molecule has 1 aromatic rings. The Hall–Kier alpha value is -0.970. The van der Waals surface area contributed by atoms with Crippen LogP contribution in [0.1, 0.15) is 11.1 Å². The van der Waals surface area contributed by atoms with Crippen molar-refractivity contribution < 1.29 is 9.23 Å². The lowest BCUT2D eigenvalue weighted by molar-refractivity contribution is 0.208. The van der Waals surface area contributed by atoms with Crippen LogP contribution in [0.15, 0.2) is 23.5 Å². The van der Waals surface area contributed by atoms with Crippen LogP contribution in [0.25, 0.3) is 0 Å². The Morgan fingerprint density at radius 2 is 2.14 bits per heavy atom. The van der Waals surface area contributed by atoms with Crippen molar-refractivity contribution in [3.05, 3.63) is 40.1 Å². The van der Waals surface area contributed by atoms with Crippen LogP contribution in [0.2, 0.25) is 0 Å². The maximum Gasteiger partial charge on any atom is 0.154 e. The molecule has 1 rings (SSSR count). The number of alkyl halides is 1. The van der Waals surface area contributed by atoms with Gasteiger partial charge >= 0.3 is 0 Å². The van der Waals surface area contributed by atoms with E-state index in [2.05, 4.69) is 20.8 Å². The van der Waals surface area contributed by atoms with Crippen LogP contribution in [0, 0.1) is 17.6 Å². The van der Waals surface area contributed by atoms with E-state index in [4.69, 9.17) is 4.91 Å². The molecule has 5 heteroatoms. The Bertz CT molecular complexity index is 294. The van der Waals surface area contributed by atoms with Gasteiger partial charge in [0.05, 0.1) is 0 Å². The molecule has 0 N–H and O–H groups in total. The van der Waals surface area contributed by atoms with Gasteiger partial charge in [-0.1, -0.05) is 33.6 Å². The summed E-state index contributed by atoms with van der Waals surface area (Å²) >= 11 is 3.20. The average molecular weight is 264 g/mol. The summed E-state index contributed by atoms with van der Waals surface area (Å²) in [6, 6.07) is 5.09. The second kappa shape index (κ2) is 7.44. The number of hydrogen-bond donors (Lipinski definition) is 0. The zero-order chi connectivity index (χ0) is 11.0. The Labute approximate surface area is 90.3 Å². The van der Waals surface area contributed by atoms with Crippen LogP contribution in [-0.2, 0) is 10.2 Å². The van der Waals surface area contributed by atoms with Crippen molar-refractivity contribution >= 4 is 15.9 Å². The summed E-state index contributed by atoms with van der Waals surface area (Å²) in [5, 5.41) is 2.57. The summed E-state index contributed by atoms with van der Waals surface area (Å²) in [7, 11) is 1.20. The molecule has 0 bridgehead atoms. The van der Waals surface area contributed by atoms with Gasteiger partial charge in [-0.2, -0.15) is 0 Å². The van der Waals surface area contributed by atoms with Gasteiger partial charge in [-0.3, -0.25) is 0 Å². The van der Waals surface area contributed by atoms with Crippen LogP contribution in [0.4, 0.5) is 4.39 Å². The smallest absolute Gasteiger partial charge is 0.154 e. The largest absolute Gasteiger partial charge is 0.367 e. The molecular weight excluding hydrogens is 253 g/mol. The van der Waals surface area contributed by atoms with Crippen molar-refractivity contribution in [3.63, 3.8) is 0 Å². The number of benzene rings is 1. The standard InChI is InChI=1S/C8H8BrF.CH3NO2/c1-6-2-3-8(10)7(4-6)5-9;1-4-2-3/h2-4H,5H2,1H3;1H3. The lowest BCUT2D eigenvalue weighted by atomic mass is 10.1. The van der Waals surface area contributed by atoms with E-state index in [0.29, 0.717) is 5.33 Å². The molecule has 0 aromatic heterocycles. The van der Waals surface area contributed by atoms with Gasteiger partial charge in [0.25, 0.3) is 0 Å². The number of hydrogen-bond acceptors (Lipinski definition) is 3. The second-order valence-electron chi connectivity index (χ2n) is 2.49. The molecule has 0 spiro atoms. The summed E-state index contributed by atoms with van der Waals surface area (Å²) in [6.45, 7) is 1.95. The van der Waals surface area contributed by atoms with E-state index in [0.717, 1.165) is 11.1 Å². The van der Waals surface area contributed by atoms with Crippen LogP contribution in [0.3, 0.4) is 0 Å². The quantitative estimate of drug-likeness (QED) is 0.466. The second-order valence-corrected chi connectivity index (χ2v) is 3.05. The Morgan fingerprint density at radius 1 is 1.57 bits per heavy atom. The Balaban J connectivity index is 0.000000364. The van der Waals surface area contributed by atoms with E-state index >= 15 is 0 Å². The minimum absolute atomic E-state index is 0.137. The normalized spacial score (nSPS) is 8.57. The number of halogens is 2. The average Bonchev–Trinajstić information content (AvgIpc) is 2.22. The fourth-order valence-electron chi connectivity index (χ4n) is 0.806. The topological polar surface area (TPSA) is 38.7 Å². The molecule has 14 heavy (non-hydrogen) atoms. The highest BCUT2D eigenvalue weighted by molar-refractivity contribution is 9.08. The number of aryl methyl sites for hydroxylation is 1. The molecule has 78 valence electrons. The summed E-state index contributed by atoms with van der Waals surface area (Å²) in [6.07, 6.45) is 0. The van der Waals surface area contributed by atoms with Gasteiger partial charge in [-0.05, 0) is 18.6 Å². The van der Waals surface area contributed by atoms with Crippen molar-refractivity contribution in [1.29, 1.82) is 0 Å². The molecule has 0 amide bonds. The predicted molar refractivity (Wildman–Crippen MR) is 56.6 cm³/mol. The summed E-state index contributed by atoms with van der Waals surface area (Å²) in [5.41, 5.74) is 1.82. The zero-order valence-electron chi connectivity index (χ0n) is 7.96. The molecular formula is C9H11BrFNO2. The van der Waals surface area contributed by atoms with Gasteiger partial charge in [0.1, 0.15) is 12.9 Å². The van der Waals surface area contributed by atoms with E-state index in [1.54, 1.807) is 6.07 Å². The van der Waals surface area contributed by atoms with Crippen LogP contribution in [0.5, 0.6) is 0 Å². The maximum atomic E-state index is 12.7. The van der Waals surface area contributed by atoms with E-state index in [1.807, 2.05) is 18.3 Å². The molecule has 0 radical (unpaired) electrons. The predicted octanol–water partition coefficient (Wildman–Crippen LogP) is 3.34. The van der Waals surface area contributed by atoms with E-state index < -0.39 is 0 Å². The maximum absolute atomic E-state index is 12.7. The number of nitrogens with zero attached hydrogens (tertiary/aromatic N) is 1. The van der Waals surface area contributed by atoms with Gasteiger partial charge in [-0.25, -0.2) is 4.39 Å². The molecule has 0 fully saturated rings. The molecule has 0 heterocycles. The highest BCUT2D eigenvalue weighted by atomic mass is 79.9. The Kier molecular flexibility index (Phi) is 6.92. The summed E-state index contributed by atoms with van der Waals surface area (Å²) in [5.74, 6) is -0.137. The molecule has 0 atom stereocenters. The van der Waals surface area contributed by atoms with Crippen molar-refractivity contribution in [2.24, 2.45) is 5.34 Å². The minimum Gasteiger partial charge on any atom is -0.367 e. The fourth-order valence-corrected chi connectivity index (χ4v) is 1.24. The summed E-state index contributed by atoms with van der Waals surface area (Å²) < 4.78 is 12.7. The van der Waals surface area contributed by atoms with Crippen LogP contribution >= 0.6 is 15.9 Å². The molecule has 0 aliphatic heterocycles.